The van der Waals surface area contributed by atoms with Crippen molar-refractivity contribution in [3.05, 3.63) is 41.7 Å². The van der Waals surface area contributed by atoms with Crippen molar-refractivity contribution in [3.63, 3.8) is 0 Å². The number of aryl methyl sites for hydroxylation is 1. The van der Waals surface area contributed by atoms with Gasteiger partial charge >= 0.3 is 0 Å². The third kappa shape index (κ3) is 4.35. The number of ether oxygens (including phenoxy) is 1. The fourth-order valence-electron chi connectivity index (χ4n) is 2.78. The summed E-state index contributed by atoms with van der Waals surface area (Å²) >= 11 is 0. The van der Waals surface area contributed by atoms with E-state index in [1.165, 1.54) is 27.2 Å². The summed E-state index contributed by atoms with van der Waals surface area (Å²) in [7, 11) is -2.07. The smallest absolute Gasteiger partial charge is 0.272 e. The molecule has 0 aliphatic heterocycles. The molecule has 0 radical (unpaired) electrons. The number of amides is 1. The molecule has 2 aromatic rings. The van der Waals surface area contributed by atoms with Crippen molar-refractivity contribution < 1.29 is 17.9 Å². The number of anilines is 1. The van der Waals surface area contributed by atoms with E-state index in [-0.39, 0.29) is 10.6 Å². The molecule has 1 N–H and O–H groups in total. The van der Waals surface area contributed by atoms with Crippen LogP contribution in [0.1, 0.15) is 36.8 Å². The molecule has 1 aromatic carbocycles. The molecular formula is C19H24N4O4S. The molecule has 28 heavy (non-hydrogen) atoms. The summed E-state index contributed by atoms with van der Waals surface area (Å²) in [4.78, 5) is 12.8. The van der Waals surface area contributed by atoms with Crippen LogP contribution in [0.4, 0.5) is 5.69 Å². The van der Waals surface area contributed by atoms with Crippen LogP contribution in [-0.2, 0) is 17.1 Å². The maximum atomic E-state index is 12.8. The lowest BCUT2D eigenvalue weighted by Gasteiger charge is -2.17. The van der Waals surface area contributed by atoms with E-state index in [1.54, 1.807) is 33.0 Å². The number of hydrogen-bond acceptors (Lipinski definition) is 5. The molecule has 0 aliphatic rings. The molecule has 0 aliphatic carbocycles. The monoisotopic (exact) mass is 404 g/mol. The van der Waals surface area contributed by atoms with Gasteiger partial charge in [0.15, 0.2) is 0 Å². The SMILES string of the molecule is CCOc1ccc(C#N)cc1NC(=O)c1cc(S(=O)(=O)N(CC)CC)cn1C. The van der Waals surface area contributed by atoms with Gasteiger partial charge in [-0.25, -0.2) is 8.42 Å². The highest BCUT2D eigenvalue weighted by molar-refractivity contribution is 7.89. The third-order valence-electron chi connectivity index (χ3n) is 4.21. The first-order valence-electron chi connectivity index (χ1n) is 8.93. The van der Waals surface area contributed by atoms with Crippen LogP contribution in [-0.4, -0.2) is 42.9 Å². The van der Waals surface area contributed by atoms with Gasteiger partial charge in [0.25, 0.3) is 5.91 Å². The average Bonchev–Trinajstić information content (AvgIpc) is 3.06. The molecule has 0 saturated carbocycles. The maximum Gasteiger partial charge on any atom is 0.272 e. The minimum Gasteiger partial charge on any atom is -0.492 e. The maximum absolute atomic E-state index is 12.8. The van der Waals surface area contributed by atoms with Gasteiger partial charge in [-0.1, -0.05) is 13.8 Å². The Morgan fingerprint density at radius 1 is 1.25 bits per heavy atom. The lowest BCUT2D eigenvalue weighted by Crippen LogP contribution is -2.30. The predicted octanol–water partition coefficient (Wildman–Crippen LogP) is 2.58. The fraction of sp³-hybridized carbons (Fsp3) is 0.368. The van der Waals surface area contributed by atoms with Crippen molar-refractivity contribution in [1.82, 2.24) is 8.87 Å². The van der Waals surface area contributed by atoms with Gasteiger partial charge in [0.2, 0.25) is 10.0 Å². The third-order valence-corrected chi connectivity index (χ3v) is 6.23. The molecule has 1 heterocycles. The van der Waals surface area contributed by atoms with Crippen LogP contribution in [0.3, 0.4) is 0 Å². The van der Waals surface area contributed by atoms with E-state index < -0.39 is 15.9 Å². The second-order valence-corrected chi connectivity index (χ2v) is 7.91. The molecular weight excluding hydrogens is 380 g/mol. The first-order valence-corrected chi connectivity index (χ1v) is 10.4. The number of aromatic nitrogens is 1. The van der Waals surface area contributed by atoms with E-state index in [0.717, 1.165) is 0 Å². The molecule has 150 valence electrons. The van der Waals surface area contributed by atoms with Crippen molar-refractivity contribution in [2.45, 2.75) is 25.7 Å². The molecule has 1 amide bonds. The van der Waals surface area contributed by atoms with Crippen LogP contribution >= 0.6 is 0 Å². The summed E-state index contributed by atoms with van der Waals surface area (Å²) in [6.45, 7) is 6.41. The Balaban J connectivity index is 2.37. The Hall–Kier alpha value is -2.83. The molecule has 2 rings (SSSR count). The molecule has 0 atom stereocenters. The number of hydrogen-bond donors (Lipinski definition) is 1. The lowest BCUT2D eigenvalue weighted by atomic mass is 10.2. The standard InChI is InChI=1S/C19H24N4O4S/c1-5-23(6-2)28(25,26)15-11-17(22(4)13-15)19(24)21-16-10-14(12-20)8-9-18(16)27-7-3/h8-11,13H,5-7H2,1-4H3,(H,21,24). The molecule has 8 nitrogen and oxygen atoms in total. The van der Waals surface area contributed by atoms with E-state index in [1.807, 2.05) is 13.0 Å². The minimum absolute atomic E-state index is 0.0552. The zero-order chi connectivity index (χ0) is 20.9. The Labute approximate surface area is 165 Å². The van der Waals surface area contributed by atoms with Gasteiger partial charge in [-0.3, -0.25) is 4.79 Å². The van der Waals surface area contributed by atoms with Crippen LogP contribution in [0.5, 0.6) is 5.75 Å². The van der Waals surface area contributed by atoms with E-state index in [9.17, 15) is 13.2 Å². The topological polar surface area (TPSA) is 104 Å². The van der Waals surface area contributed by atoms with Crippen molar-refractivity contribution in [2.24, 2.45) is 7.05 Å². The number of sulfonamides is 1. The average molecular weight is 404 g/mol. The van der Waals surface area contributed by atoms with Crippen LogP contribution in [0.2, 0.25) is 0 Å². The molecule has 0 unspecified atom stereocenters. The number of nitriles is 1. The molecule has 0 saturated heterocycles. The van der Waals surface area contributed by atoms with Crippen molar-refractivity contribution in [2.75, 3.05) is 25.0 Å². The summed E-state index contributed by atoms with van der Waals surface area (Å²) in [5, 5.41) is 11.8. The zero-order valence-electron chi connectivity index (χ0n) is 16.4. The van der Waals surface area contributed by atoms with Gasteiger partial charge in [0.1, 0.15) is 16.3 Å². The summed E-state index contributed by atoms with van der Waals surface area (Å²) in [6.07, 6.45) is 1.41. The fourth-order valence-corrected chi connectivity index (χ4v) is 4.31. The normalized spacial score (nSPS) is 11.3. The van der Waals surface area contributed by atoms with Crippen molar-refractivity contribution in [3.8, 4) is 11.8 Å². The number of carbonyl (C=O) groups is 1. The second-order valence-electron chi connectivity index (χ2n) is 5.97. The van der Waals surface area contributed by atoms with E-state index in [2.05, 4.69) is 5.32 Å². The van der Waals surface area contributed by atoms with Crippen molar-refractivity contribution in [1.29, 1.82) is 5.26 Å². The van der Waals surface area contributed by atoms with Crippen LogP contribution in [0.25, 0.3) is 0 Å². The number of rotatable bonds is 8. The van der Waals surface area contributed by atoms with E-state index in [0.29, 0.717) is 36.7 Å². The molecule has 0 fully saturated rings. The van der Waals surface area contributed by atoms with E-state index in [4.69, 9.17) is 10.00 Å². The minimum atomic E-state index is -3.67. The molecule has 0 spiro atoms. The Morgan fingerprint density at radius 3 is 2.50 bits per heavy atom. The Kier molecular flexibility index (Phi) is 6.83. The first kappa shape index (κ1) is 21.5. The van der Waals surface area contributed by atoms with Crippen LogP contribution in [0, 0.1) is 11.3 Å². The Bertz CT molecular complexity index is 1000. The highest BCUT2D eigenvalue weighted by Gasteiger charge is 2.25. The van der Waals surface area contributed by atoms with E-state index >= 15 is 0 Å². The van der Waals surface area contributed by atoms with Crippen LogP contribution in [0.15, 0.2) is 35.4 Å². The van der Waals surface area contributed by atoms with Gasteiger partial charge in [-0.2, -0.15) is 9.57 Å². The molecule has 9 heteroatoms. The summed E-state index contributed by atoms with van der Waals surface area (Å²) in [5.74, 6) is -0.0698. The number of nitrogens with zero attached hydrogens (tertiary/aromatic N) is 3. The van der Waals surface area contributed by atoms with Gasteiger partial charge in [0, 0.05) is 26.3 Å². The number of carbonyl (C=O) groups excluding carboxylic acids is 1. The van der Waals surface area contributed by atoms with Gasteiger partial charge in [-0.05, 0) is 31.2 Å². The largest absolute Gasteiger partial charge is 0.492 e. The highest BCUT2D eigenvalue weighted by atomic mass is 32.2. The van der Waals surface area contributed by atoms with Gasteiger partial charge < -0.3 is 14.6 Å². The first-order chi connectivity index (χ1) is 13.3. The van der Waals surface area contributed by atoms with Crippen molar-refractivity contribution >= 4 is 21.6 Å². The summed E-state index contributed by atoms with van der Waals surface area (Å²) < 4.78 is 33.7. The lowest BCUT2D eigenvalue weighted by molar-refractivity contribution is 0.101. The summed E-state index contributed by atoms with van der Waals surface area (Å²) in [5.41, 5.74) is 0.895. The summed E-state index contributed by atoms with van der Waals surface area (Å²) in [6, 6.07) is 8.08. The molecule has 0 bridgehead atoms. The predicted molar refractivity (Wildman–Crippen MR) is 106 cm³/mol. The Morgan fingerprint density at radius 2 is 1.93 bits per heavy atom. The molecule has 1 aromatic heterocycles. The number of benzene rings is 1. The second kappa shape index (κ2) is 8.91. The van der Waals surface area contributed by atoms with Gasteiger partial charge in [-0.15, -0.1) is 0 Å². The number of nitrogens with one attached hydrogen (secondary N) is 1. The zero-order valence-corrected chi connectivity index (χ0v) is 17.2. The highest BCUT2D eigenvalue weighted by Crippen LogP contribution is 2.27. The quantitative estimate of drug-likeness (QED) is 0.728. The van der Waals surface area contributed by atoms with Gasteiger partial charge in [0.05, 0.1) is 23.9 Å². The van der Waals surface area contributed by atoms with Crippen LogP contribution < -0.4 is 10.1 Å².